The normalized spacial score (nSPS) is 16.0. The lowest BCUT2D eigenvalue weighted by molar-refractivity contribution is -0.135. The highest BCUT2D eigenvalue weighted by Crippen LogP contribution is 2.39. The topological polar surface area (TPSA) is 154 Å². The van der Waals surface area contributed by atoms with Crippen molar-refractivity contribution in [1.29, 1.82) is 0 Å². The quantitative estimate of drug-likeness (QED) is 0.0768. The van der Waals surface area contributed by atoms with Crippen LogP contribution in [-0.2, 0) is 28.2 Å². The number of nitrogens with zero attached hydrogens (tertiary/aromatic N) is 1. The Morgan fingerprint density at radius 2 is 1.52 bits per heavy atom. The Bertz CT molecular complexity index is 1420. The van der Waals surface area contributed by atoms with Crippen LogP contribution < -0.4 is 20.7 Å². The van der Waals surface area contributed by atoms with Crippen LogP contribution in [0.1, 0.15) is 112 Å². The number of ether oxygens (including phenoxy) is 4. The fourth-order valence-corrected chi connectivity index (χ4v) is 7.86. The molecule has 1 aromatic rings. The van der Waals surface area contributed by atoms with Crippen LogP contribution in [0, 0.1) is 23.7 Å². The molecule has 4 unspecified atom stereocenters. The molecule has 3 N–H and O–H groups in total. The van der Waals surface area contributed by atoms with E-state index in [0.29, 0.717) is 70.2 Å². The van der Waals surface area contributed by atoms with Crippen molar-refractivity contribution in [3.8, 4) is 5.75 Å². The Morgan fingerprint density at radius 1 is 0.879 bits per heavy atom. The summed E-state index contributed by atoms with van der Waals surface area (Å²) in [4.78, 5) is 55.9. The molecule has 1 heterocycles. The van der Waals surface area contributed by atoms with Gasteiger partial charge >= 0.3 is 6.09 Å². The van der Waals surface area contributed by atoms with E-state index >= 15 is 0 Å². The molecule has 58 heavy (non-hydrogen) atoms. The zero-order valence-corrected chi connectivity index (χ0v) is 39.1. The predicted octanol–water partition coefficient (Wildman–Crippen LogP) is 7.20. The Labute approximate surface area is 350 Å². The summed E-state index contributed by atoms with van der Waals surface area (Å²) < 4.78 is 29.5. The molecule has 0 aliphatic carbocycles. The van der Waals surface area contributed by atoms with E-state index in [1.165, 1.54) is 0 Å². The summed E-state index contributed by atoms with van der Waals surface area (Å²) >= 11 is 0. The summed E-state index contributed by atoms with van der Waals surface area (Å²) in [5.74, 6) is -0.402. The number of alkyl carbamates (subject to hydrolysis) is 1. The number of amides is 4. The van der Waals surface area contributed by atoms with Gasteiger partial charge in [0.1, 0.15) is 11.4 Å². The monoisotopic (exact) mass is 835 g/mol. The third-order valence-electron chi connectivity index (χ3n) is 11.2. The van der Waals surface area contributed by atoms with Crippen molar-refractivity contribution in [3.05, 3.63) is 29.8 Å². The fourth-order valence-electron chi connectivity index (χ4n) is 6.49. The van der Waals surface area contributed by atoms with Crippen molar-refractivity contribution in [3.63, 3.8) is 0 Å². The van der Waals surface area contributed by atoms with Crippen LogP contribution in [0.3, 0.4) is 0 Å². The molecular formula is C44H78N4O9Si. The van der Waals surface area contributed by atoms with Gasteiger partial charge in [0.15, 0.2) is 8.32 Å². The van der Waals surface area contributed by atoms with E-state index in [2.05, 4.69) is 63.7 Å². The van der Waals surface area contributed by atoms with E-state index in [4.69, 9.17) is 23.4 Å². The molecule has 2 rings (SSSR count). The van der Waals surface area contributed by atoms with Gasteiger partial charge < -0.3 is 44.2 Å². The number of methoxy groups -OCH3 is 1. The highest BCUT2D eigenvalue weighted by molar-refractivity contribution is 6.74. The Hall–Kier alpha value is -3.20. The molecule has 1 aliphatic heterocycles. The molecule has 0 saturated carbocycles. The van der Waals surface area contributed by atoms with E-state index in [1.54, 1.807) is 24.1 Å². The van der Waals surface area contributed by atoms with Crippen LogP contribution in [0.2, 0.25) is 18.1 Å². The lowest BCUT2D eigenvalue weighted by atomic mass is 9.82. The second-order valence-electron chi connectivity index (χ2n) is 18.8. The van der Waals surface area contributed by atoms with Gasteiger partial charge in [0.2, 0.25) is 11.8 Å². The second-order valence-corrected chi connectivity index (χ2v) is 23.5. The van der Waals surface area contributed by atoms with E-state index in [0.717, 1.165) is 12.8 Å². The number of benzene rings is 1. The third-order valence-corrected chi connectivity index (χ3v) is 15.7. The van der Waals surface area contributed by atoms with Crippen LogP contribution in [-0.4, -0.2) is 114 Å². The van der Waals surface area contributed by atoms with Crippen LogP contribution in [0.5, 0.6) is 5.75 Å². The fraction of sp³-hybridized carbons (Fsp3) is 0.773. The third kappa shape index (κ3) is 18.0. The number of unbranched alkanes of at least 4 members (excludes halogenated alkanes) is 1. The van der Waals surface area contributed by atoms with Gasteiger partial charge in [-0.15, -0.1) is 0 Å². The largest absolute Gasteiger partial charge is 0.493 e. The van der Waals surface area contributed by atoms with Gasteiger partial charge in [-0.2, -0.15) is 0 Å². The van der Waals surface area contributed by atoms with Crippen LogP contribution in [0.25, 0.3) is 0 Å². The summed E-state index contributed by atoms with van der Waals surface area (Å²) in [7, 11) is -0.812. The first kappa shape index (κ1) is 50.9. The highest BCUT2D eigenvalue weighted by atomic mass is 28.4. The number of carbonyl (C=O) groups excluding carboxylic acids is 4. The first-order valence-corrected chi connectivity index (χ1v) is 24.3. The first-order chi connectivity index (χ1) is 27.1. The van der Waals surface area contributed by atoms with Crippen molar-refractivity contribution in [2.45, 2.75) is 137 Å². The molecular weight excluding hydrogens is 757 g/mol. The van der Waals surface area contributed by atoms with E-state index in [1.807, 2.05) is 46.8 Å². The lowest BCUT2D eigenvalue weighted by Gasteiger charge is -2.43. The number of carbonyl (C=O) groups is 4. The number of rotatable bonds is 23. The summed E-state index contributed by atoms with van der Waals surface area (Å²) in [6.07, 6.45) is 1.52. The SMILES string of the molecule is COCCCCOc1ccccc1C(=O)NCC(CC(NC(=O)OC(C)(C)C)C(CC(C(=O)NCCC(=O)N1CCOCC1)C(C)C)O[Si](C)(C)C(C)(C)C)C(C)C. The molecule has 0 radical (unpaired) electrons. The molecule has 4 atom stereocenters. The molecule has 0 aromatic heterocycles. The lowest BCUT2D eigenvalue weighted by Crippen LogP contribution is -2.55. The van der Waals surface area contributed by atoms with E-state index in [-0.39, 0.29) is 53.5 Å². The first-order valence-electron chi connectivity index (χ1n) is 21.4. The van der Waals surface area contributed by atoms with Gasteiger partial charge in [0.05, 0.1) is 37.5 Å². The molecule has 0 spiro atoms. The van der Waals surface area contributed by atoms with Crippen molar-refractivity contribution in [2.75, 3.05) is 59.7 Å². The number of para-hydroxylation sites is 1. The molecule has 1 aromatic carbocycles. The standard InChI is InChI=1S/C44H78N4O9Si/c1-31(2)33(30-46-40(50)34-18-14-15-19-37(34)55-25-17-16-24-53-11)28-36(47-42(52)56-43(5,6)7)38(57-58(12,13)44(8,9)10)29-35(32(3)4)41(51)45-21-20-39(49)48-22-26-54-27-23-48/h14-15,18-19,31-33,35-36,38H,16-17,20-30H2,1-13H3,(H,45,51)(H,46,50)(H,47,52). The summed E-state index contributed by atoms with van der Waals surface area (Å²) in [5.41, 5.74) is -0.287. The number of nitrogens with one attached hydrogen (secondary N) is 3. The van der Waals surface area contributed by atoms with Crippen LogP contribution >= 0.6 is 0 Å². The number of morpholine rings is 1. The highest BCUT2D eigenvalue weighted by Gasteiger charge is 2.43. The van der Waals surface area contributed by atoms with Gasteiger partial charge in [0, 0.05) is 52.2 Å². The van der Waals surface area contributed by atoms with Gasteiger partial charge in [-0.3, -0.25) is 14.4 Å². The summed E-state index contributed by atoms with van der Waals surface area (Å²) in [6.45, 7) is 28.3. The second kappa shape index (κ2) is 24.2. The zero-order chi connectivity index (χ0) is 43.7. The van der Waals surface area contributed by atoms with Crippen molar-refractivity contribution in [2.24, 2.45) is 23.7 Å². The van der Waals surface area contributed by atoms with Gasteiger partial charge in [-0.05, 0) is 94.5 Å². The Kier molecular flexibility index (Phi) is 21.2. The van der Waals surface area contributed by atoms with Gasteiger partial charge in [-0.25, -0.2) is 4.79 Å². The maximum Gasteiger partial charge on any atom is 0.407 e. The van der Waals surface area contributed by atoms with Crippen molar-refractivity contribution < 1.29 is 42.6 Å². The van der Waals surface area contributed by atoms with Crippen LogP contribution in [0.4, 0.5) is 4.79 Å². The molecule has 1 saturated heterocycles. The summed E-state index contributed by atoms with van der Waals surface area (Å²) in [6, 6.07) is 6.67. The molecule has 14 heteroatoms. The van der Waals surface area contributed by atoms with E-state index in [9.17, 15) is 19.2 Å². The maximum atomic E-state index is 14.0. The average Bonchev–Trinajstić information content (AvgIpc) is 3.13. The van der Waals surface area contributed by atoms with Gasteiger partial charge in [0.25, 0.3) is 5.91 Å². The Balaban J connectivity index is 2.42. The molecule has 4 amide bonds. The number of hydrogen-bond acceptors (Lipinski definition) is 9. The van der Waals surface area contributed by atoms with Crippen molar-refractivity contribution >= 4 is 32.1 Å². The summed E-state index contributed by atoms with van der Waals surface area (Å²) in [5, 5.41) is 9.21. The van der Waals surface area contributed by atoms with Gasteiger partial charge in [-0.1, -0.05) is 60.6 Å². The van der Waals surface area contributed by atoms with Crippen LogP contribution in [0.15, 0.2) is 24.3 Å². The molecule has 332 valence electrons. The predicted molar refractivity (Wildman–Crippen MR) is 232 cm³/mol. The minimum Gasteiger partial charge on any atom is -0.493 e. The zero-order valence-electron chi connectivity index (χ0n) is 38.1. The molecule has 0 bridgehead atoms. The maximum absolute atomic E-state index is 14.0. The minimum atomic E-state index is -2.48. The average molecular weight is 835 g/mol. The molecule has 1 fully saturated rings. The number of hydrogen-bond donors (Lipinski definition) is 3. The smallest absolute Gasteiger partial charge is 0.407 e. The van der Waals surface area contributed by atoms with Crippen molar-refractivity contribution in [1.82, 2.24) is 20.9 Å². The molecule has 1 aliphatic rings. The minimum absolute atomic E-state index is 0.00811. The Morgan fingerprint density at radius 3 is 2.10 bits per heavy atom. The molecule has 13 nitrogen and oxygen atoms in total. The van der Waals surface area contributed by atoms with E-state index < -0.39 is 38.1 Å².